The van der Waals surface area contributed by atoms with Crippen molar-refractivity contribution >= 4 is 23.2 Å². The molecule has 0 N–H and O–H groups in total. The van der Waals surface area contributed by atoms with E-state index in [1.165, 1.54) is 11.3 Å². The van der Waals surface area contributed by atoms with Gasteiger partial charge in [0.2, 0.25) is 0 Å². The normalized spacial score (nSPS) is 19.6. The molecule has 1 aliphatic heterocycles. The molecule has 1 unspecified atom stereocenters. The Kier molecular flexibility index (Phi) is 6.69. The smallest absolute Gasteiger partial charge is 0.264 e. The summed E-state index contributed by atoms with van der Waals surface area (Å²) >= 11 is 1.46. The zero-order valence-corrected chi connectivity index (χ0v) is 18.1. The lowest BCUT2D eigenvalue weighted by Crippen LogP contribution is -2.52. The van der Waals surface area contributed by atoms with Crippen molar-refractivity contribution in [1.82, 2.24) is 9.80 Å². The lowest BCUT2D eigenvalue weighted by molar-refractivity contribution is -0.0369. The molecule has 1 saturated heterocycles. The standard InChI is InChI=1S/C23H28N2O4S/c1-28-19-10-8-17(9-11-19)22(26)25(18-5-2-3-6-18)16-20-15-24(12-13-29-20)23(27)21-7-4-14-30-21/h4,7-11,14,18,20H,2-3,5-6,12-13,15-16H2,1H3. The zero-order chi connectivity index (χ0) is 20.9. The van der Waals surface area contributed by atoms with Gasteiger partial charge >= 0.3 is 0 Å². The van der Waals surface area contributed by atoms with Gasteiger partial charge in [-0.25, -0.2) is 0 Å². The Hall–Kier alpha value is -2.38. The van der Waals surface area contributed by atoms with Crippen molar-refractivity contribution in [3.05, 3.63) is 52.2 Å². The molecular formula is C23H28N2O4S. The maximum absolute atomic E-state index is 13.4. The Labute approximate surface area is 181 Å². The molecule has 6 nitrogen and oxygen atoms in total. The van der Waals surface area contributed by atoms with Crippen LogP contribution in [0.15, 0.2) is 41.8 Å². The van der Waals surface area contributed by atoms with Gasteiger partial charge in [0, 0.05) is 31.2 Å². The van der Waals surface area contributed by atoms with Gasteiger partial charge in [-0.2, -0.15) is 0 Å². The van der Waals surface area contributed by atoms with E-state index in [4.69, 9.17) is 9.47 Å². The number of ether oxygens (including phenoxy) is 2. The van der Waals surface area contributed by atoms with Crippen molar-refractivity contribution in [2.45, 2.75) is 37.8 Å². The lowest BCUT2D eigenvalue weighted by atomic mass is 10.1. The highest BCUT2D eigenvalue weighted by atomic mass is 32.1. The van der Waals surface area contributed by atoms with Crippen molar-refractivity contribution in [3.63, 3.8) is 0 Å². The summed E-state index contributed by atoms with van der Waals surface area (Å²) < 4.78 is 11.2. The van der Waals surface area contributed by atoms with Gasteiger partial charge in [0.15, 0.2) is 0 Å². The fourth-order valence-corrected chi connectivity index (χ4v) is 4.99. The van der Waals surface area contributed by atoms with E-state index in [2.05, 4.69) is 0 Å². The fourth-order valence-electron chi connectivity index (χ4n) is 4.30. The predicted octanol–water partition coefficient (Wildman–Crippen LogP) is 3.68. The van der Waals surface area contributed by atoms with Gasteiger partial charge in [-0.1, -0.05) is 18.9 Å². The highest BCUT2D eigenvalue weighted by molar-refractivity contribution is 7.12. The third-order valence-corrected chi connectivity index (χ3v) is 6.78. The van der Waals surface area contributed by atoms with Crippen molar-refractivity contribution in [2.75, 3.05) is 33.4 Å². The number of benzene rings is 1. The fraction of sp³-hybridized carbons (Fsp3) is 0.478. The van der Waals surface area contributed by atoms with Gasteiger partial charge in [-0.3, -0.25) is 9.59 Å². The Morgan fingerprint density at radius 1 is 1.20 bits per heavy atom. The number of thiophene rings is 1. The van der Waals surface area contributed by atoms with Crippen LogP contribution in [0.5, 0.6) is 5.75 Å². The van der Waals surface area contributed by atoms with E-state index in [9.17, 15) is 9.59 Å². The molecule has 1 aromatic carbocycles. The molecule has 2 amide bonds. The van der Waals surface area contributed by atoms with Crippen LogP contribution < -0.4 is 4.74 Å². The number of amides is 2. The molecule has 0 spiro atoms. The number of hydrogen-bond donors (Lipinski definition) is 0. The predicted molar refractivity (Wildman–Crippen MR) is 116 cm³/mol. The molecule has 1 atom stereocenters. The first kappa shape index (κ1) is 20.9. The molecule has 0 radical (unpaired) electrons. The summed E-state index contributed by atoms with van der Waals surface area (Å²) in [6, 6.07) is 11.2. The molecule has 0 bridgehead atoms. The molecule has 2 aliphatic rings. The molecule has 7 heteroatoms. The molecule has 2 heterocycles. The molecule has 1 saturated carbocycles. The van der Waals surface area contributed by atoms with Gasteiger partial charge in [0.25, 0.3) is 11.8 Å². The van der Waals surface area contributed by atoms with E-state index in [-0.39, 0.29) is 24.0 Å². The molecule has 2 aromatic rings. The number of rotatable bonds is 6. The number of carbonyl (C=O) groups excluding carboxylic acids is 2. The molecule has 160 valence electrons. The van der Waals surface area contributed by atoms with E-state index in [1.54, 1.807) is 7.11 Å². The molecule has 1 aromatic heterocycles. The Balaban J connectivity index is 1.47. The highest BCUT2D eigenvalue weighted by Gasteiger charge is 2.33. The van der Waals surface area contributed by atoms with Crippen LogP contribution in [0.2, 0.25) is 0 Å². The summed E-state index contributed by atoms with van der Waals surface area (Å²) in [7, 11) is 1.62. The molecule has 30 heavy (non-hydrogen) atoms. The quantitative estimate of drug-likeness (QED) is 0.704. The van der Waals surface area contributed by atoms with Crippen LogP contribution >= 0.6 is 11.3 Å². The van der Waals surface area contributed by atoms with Gasteiger partial charge in [0.1, 0.15) is 5.75 Å². The largest absolute Gasteiger partial charge is 0.497 e. The maximum Gasteiger partial charge on any atom is 0.264 e. The topological polar surface area (TPSA) is 59.1 Å². The van der Waals surface area contributed by atoms with Crippen molar-refractivity contribution < 1.29 is 19.1 Å². The van der Waals surface area contributed by atoms with Crippen molar-refractivity contribution in [3.8, 4) is 5.75 Å². The van der Waals surface area contributed by atoms with Crippen LogP contribution in [0.1, 0.15) is 45.7 Å². The number of morpholine rings is 1. The minimum Gasteiger partial charge on any atom is -0.497 e. The van der Waals surface area contributed by atoms with E-state index in [0.717, 1.165) is 36.3 Å². The van der Waals surface area contributed by atoms with E-state index in [0.29, 0.717) is 31.8 Å². The third-order valence-electron chi connectivity index (χ3n) is 5.92. The van der Waals surface area contributed by atoms with Crippen LogP contribution in [0, 0.1) is 0 Å². The monoisotopic (exact) mass is 428 g/mol. The van der Waals surface area contributed by atoms with Crippen LogP contribution in [-0.2, 0) is 4.74 Å². The van der Waals surface area contributed by atoms with Gasteiger partial charge < -0.3 is 19.3 Å². The van der Waals surface area contributed by atoms with Crippen LogP contribution in [-0.4, -0.2) is 67.1 Å². The first-order valence-corrected chi connectivity index (χ1v) is 11.4. The minimum atomic E-state index is -0.175. The summed E-state index contributed by atoms with van der Waals surface area (Å²) in [6.45, 7) is 2.10. The summed E-state index contributed by atoms with van der Waals surface area (Å²) in [6.07, 6.45) is 4.15. The van der Waals surface area contributed by atoms with E-state index < -0.39 is 0 Å². The molecule has 1 aliphatic carbocycles. The van der Waals surface area contributed by atoms with E-state index in [1.807, 2.05) is 51.6 Å². The number of carbonyl (C=O) groups is 2. The van der Waals surface area contributed by atoms with Gasteiger partial charge in [-0.15, -0.1) is 11.3 Å². The first-order valence-electron chi connectivity index (χ1n) is 10.5. The summed E-state index contributed by atoms with van der Waals surface area (Å²) in [5.41, 5.74) is 0.657. The molecular weight excluding hydrogens is 400 g/mol. The van der Waals surface area contributed by atoms with Crippen LogP contribution in [0.4, 0.5) is 0 Å². The van der Waals surface area contributed by atoms with Crippen molar-refractivity contribution in [1.29, 1.82) is 0 Å². The summed E-state index contributed by atoms with van der Waals surface area (Å²) in [4.78, 5) is 30.7. The first-order chi connectivity index (χ1) is 14.7. The Morgan fingerprint density at radius 2 is 1.97 bits per heavy atom. The third kappa shape index (κ3) is 4.68. The second kappa shape index (κ2) is 9.62. The van der Waals surface area contributed by atoms with Crippen molar-refractivity contribution in [2.24, 2.45) is 0 Å². The maximum atomic E-state index is 13.4. The Bertz CT molecular complexity index is 847. The van der Waals surface area contributed by atoms with Crippen LogP contribution in [0.3, 0.4) is 0 Å². The Morgan fingerprint density at radius 3 is 2.63 bits per heavy atom. The summed E-state index contributed by atoms with van der Waals surface area (Å²) in [5, 5.41) is 1.92. The average Bonchev–Trinajstić information content (AvgIpc) is 3.51. The average molecular weight is 429 g/mol. The van der Waals surface area contributed by atoms with E-state index >= 15 is 0 Å². The number of nitrogens with zero attached hydrogens (tertiary/aromatic N) is 2. The van der Waals surface area contributed by atoms with Crippen LogP contribution in [0.25, 0.3) is 0 Å². The molecule has 4 rings (SSSR count). The number of hydrogen-bond acceptors (Lipinski definition) is 5. The second-order valence-corrected chi connectivity index (χ2v) is 8.79. The molecule has 2 fully saturated rings. The van der Waals surface area contributed by atoms with Gasteiger partial charge in [-0.05, 0) is 48.6 Å². The number of methoxy groups -OCH3 is 1. The highest BCUT2D eigenvalue weighted by Crippen LogP contribution is 2.27. The zero-order valence-electron chi connectivity index (χ0n) is 17.3. The summed E-state index contributed by atoms with van der Waals surface area (Å²) in [5.74, 6) is 0.805. The minimum absolute atomic E-state index is 0.0230. The van der Waals surface area contributed by atoms with Gasteiger partial charge in [0.05, 0.1) is 24.7 Å². The SMILES string of the molecule is COc1ccc(C(=O)N(CC2CN(C(=O)c3cccs3)CCO2)C2CCCC2)cc1. The lowest BCUT2D eigenvalue weighted by Gasteiger charge is -2.37. The second-order valence-electron chi connectivity index (χ2n) is 7.85.